The molecule has 0 spiro atoms. The lowest BCUT2D eigenvalue weighted by Gasteiger charge is -2.18. The van der Waals surface area contributed by atoms with Crippen LogP contribution in [-0.2, 0) is 28.6 Å². The van der Waals surface area contributed by atoms with Crippen molar-refractivity contribution in [3.05, 3.63) is 60.8 Å². The minimum atomic E-state index is -0.780. The smallest absolute Gasteiger partial charge is 0.306 e. The number of allylic oxidation sites excluding steroid dienone is 10. The van der Waals surface area contributed by atoms with E-state index in [1.54, 1.807) is 0 Å². The molecule has 1 atom stereocenters. The number of ether oxygens (including phenoxy) is 3. The largest absolute Gasteiger partial charge is 0.462 e. The van der Waals surface area contributed by atoms with Crippen LogP contribution in [0.5, 0.6) is 0 Å². The Bertz CT molecular complexity index is 1460. The fourth-order valence-electron chi connectivity index (χ4n) is 10.8. The summed E-state index contributed by atoms with van der Waals surface area (Å²) in [5.41, 5.74) is 0. The zero-order valence-electron chi connectivity index (χ0n) is 55.0. The number of carbonyl (C=O) groups excluding carboxylic acids is 3. The van der Waals surface area contributed by atoms with Gasteiger partial charge in [-0.2, -0.15) is 0 Å². The van der Waals surface area contributed by atoms with Crippen molar-refractivity contribution >= 4 is 17.9 Å². The number of carbonyl (C=O) groups is 3. The first-order valence-corrected chi connectivity index (χ1v) is 36.3. The molecule has 6 nitrogen and oxygen atoms in total. The van der Waals surface area contributed by atoms with Gasteiger partial charge in [0.05, 0.1) is 0 Å². The van der Waals surface area contributed by atoms with Gasteiger partial charge in [0.2, 0.25) is 0 Å². The van der Waals surface area contributed by atoms with Gasteiger partial charge < -0.3 is 14.2 Å². The van der Waals surface area contributed by atoms with Crippen LogP contribution >= 0.6 is 0 Å². The summed E-state index contributed by atoms with van der Waals surface area (Å²) >= 11 is 0. The first-order chi connectivity index (χ1) is 40.5. The first-order valence-electron chi connectivity index (χ1n) is 36.3. The summed E-state index contributed by atoms with van der Waals surface area (Å²) in [4.78, 5) is 38.4. The van der Waals surface area contributed by atoms with Crippen LogP contribution in [0.2, 0.25) is 0 Å². The number of rotatable bonds is 67. The van der Waals surface area contributed by atoms with Crippen LogP contribution in [-0.4, -0.2) is 37.2 Å². The molecular weight excluding hydrogens is 1010 g/mol. The highest BCUT2D eigenvalue weighted by Gasteiger charge is 2.19. The Kier molecular flexibility index (Phi) is 68.1. The summed E-state index contributed by atoms with van der Waals surface area (Å²) in [6.45, 7) is 6.62. The first kappa shape index (κ1) is 79.1. The van der Waals surface area contributed by atoms with Gasteiger partial charge in [0, 0.05) is 19.3 Å². The number of hydrogen-bond acceptors (Lipinski definition) is 6. The molecule has 0 fully saturated rings. The Morgan fingerprint density at radius 3 is 0.732 bits per heavy atom. The zero-order chi connectivity index (χ0) is 59.2. The van der Waals surface area contributed by atoms with Crippen molar-refractivity contribution in [1.29, 1.82) is 0 Å². The van der Waals surface area contributed by atoms with E-state index >= 15 is 0 Å². The lowest BCUT2D eigenvalue weighted by atomic mass is 10.0. The van der Waals surface area contributed by atoms with Gasteiger partial charge in [0.25, 0.3) is 0 Å². The third kappa shape index (κ3) is 67.9. The van der Waals surface area contributed by atoms with Gasteiger partial charge in [-0.25, -0.2) is 0 Å². The molecule has 0 heterocycles. The molecule has 0 rings (SSSR count). The summed E-state index contributed by atoms with van der Waals surface area (Å²) in [6, 6.07) is 0. The summed E-state index contributed by atoms with van der Waals surface area (Å²) in [5, 5.41) is 0. The second-order valence-corrected chi connectivity index (χ2v) is 24.5. The van der Waals surface area contributed by atoms with E-state index in [9.17, 15) is 14.4 Å². The monoisotopic (exact) mass is 1150 g/mol. The molecule has 0 N–H and O–H groups in total. The van der Waals surface area contributed by atoms with Crippen LogP contribution in [0.25, 0.3) is 0 Å². The maximum absolute atomic E-state index is 13.0. The zero-order valence-corrected chi connectivity index (χ0v) is 55.0. The number of unbranched alkanes of at least 4 members (excludes halogenated alkanes) is 46. The van der Waals surface area contributed by atoms with Crippen LogP contribution in [0.15, 0.2) is 60.8 Å². The van der Waals surface area contributed by atoms with Crippen LogP contribution in [0.3, 0.4) is 0 Å². The van der Waals surface area contributed by atoms with Crippen LogP contribution in [0.4, 0.5) is 0 Å². The molecular formula is C76H138O6. The lowest BCUT2D eigenvalue weighted by molar-refractivity contribution is -0.167. The van der Waals surface area contributed by atoms with E-state index in [1.807, 2.05) is 0 Å². The second-order valence-electron chi connectivity index (χ2n) is 24.5. The Hall–Kier alpha value is -2.89. The molecule has 0 bridgehead atoms. The normalized spacial score (nSPS) is 12.4. The van der Waals surface area contributed by atoms with E-state index in [2.05, 4.69) is 81.5 Å². The molecule has 0 aromatic carbocycles. The molecule has 0 aromatic heterocycles. The Morgan fingerprint density at radius 2 is 0.463 bits per heavy atom. The third-order valence-corrected chi connectivity index (χ3v) is 16.2. The Morgan fingerprint density at radius 1 is 0.244 bits per heavy atom. The van der Waals surface area contributed by atoms with Crippen molar-refractivity contribution in [3.63, 3.8) is 0 Å². The van der Waals surface area contributed by atoms with Gasteiger partial charge in [-0.3, -0.25) is 14.4 Å². The second kappa shape index (κ2) is 70.6. The van der Waals surface area contributed by atoms with E-state index in [4.69, 9.17) is 14.2 Å². The molecule has 0 amide bonds. The van der Waals surface area contributed by atoms with Crippen molar-refractivity contribution in [2.24, 2.45) is 0 Å². The van der Waals surface area contributed by atoms with Crippen LogP contribution in [0.1, 0.15) is 387 Å². The van der Waals surface area contributed by atoms with Crippen LogP contribution in [0, 0.1) is 0 Å². The van der Waals surface area contributed by atoms with Crippen molar-refractivity contribution in [3.8, 4) is 0 Å². The molecule has 0 aromatic rings. The van der Waals surface area contributed by atoms with E-state index < -0.39 is 6.10 Å². The molecule has 0 aliphatic carbocycles. The van der Waals surface area contributed by atoms with Gasteiger partial charge in [0.1, 0.15) is 13.2 Å². The average molecular weight is 1150 g/mol. The summed E-state index contributed by atoms with van der Waals surface area (Å²) in [7, 11) is 0. The average Bonchev–Trinajstić information content (AvgIpc) is 3.47. The summed E-state index contributed by atoms with van der Waals surface area (Å²) < 4.78 is 17.0. The van der Waals surface area contributed by atoms with E-state index in [0.29, 0.717) is 19.3 Å². The molecule has 0 aliphatic heterocycles. The summed E-state index contributed by atoms with van der Waals surface area (Å²) in [5.74, 6) is -0.867. The van der Waals surface area contributed by atoms with E-state index in [0.717, 1.165) is 96.3 Å². The highest BCUT2D eigenvalue weighted by Crippen LogP contribution is 2.18. The lowest BCUT2D eigenvalue weighted by Crippen LogP contribution is -2.30. The standard InChI is InChI=1S/C76H138O6/c1-4-7-10-13-16-19-22-25-27-29-31-33-35-37-38-39-41-42-44-46-48-51-54-57-60-63-66-69-75(78)81-72-73(71-80-74(77)68-65-62-59-56-53-50-24-21-18-15-12-9-6-3)82-76(79)70-67-64-61-58-55-52-49-47-45-43-40-36-34-32-30-28-26-23-20-17-14-11-8-5-2/h12,15,21-22,24-25,29,31,35,37,73H,4-11,13-14,16-20,23,26-28,30,32-34,36,38-72H2,1-3H3/b15-12-,24-21-,25-22-,31-29-,37-35-. The van der Waals surface area contributed by atoms with E-state index in [-0.39, 0.29) is 31.1 Å². The minimum absolute atomic E-state index is 0.0759. The van der Waals surface area contributed by atoms with Gasteiger partial charge >= 0.3 is 17.9 Å². The highest BCUT2D eigenvalue weighted by molar-refractivity contribution is 5.71. The number of hydrogen-bond donors (Lipinski definition) is 0. The van der Waals surface area contributed by atoms with E-state index in [1.165, 1.54) is 250 Å². The Labute approximate surface area is 510 Å². The molecule has 0 saturated heterocycles. The van der Waals surface area contributed by atoms with Gasteiger partial charge in [-0.05, 0) is 83.5 Å². The highest BCUT2D eigenvalue weighted by atomic mass is 16.6. The van der Waals surface area contributed by atoms with Crippen molar-refractivity contribution in [1.82, 2.24) is 0 Å². The quantitative estimate of drug-likeness (QED) is 0.0261. The van der Waals surface area contributed by atoms with Gasteiger partial charge in [-0.1, -0.05) is 345 Å². The van der Waals surface area contributed by atoms with Crippen LogP contribution < -0.4 is 0 Å². The molecule has 82 heavy (non-hydrogen) atoms. The molecule has 0 aliphatic rings. The van der Waals surface area contributed by atoms with Gasteiger partial charge in [-0.15, -0.1) is 0 Å². The predicted molar refractivity (Wildman–Crippen MR) is 358 cm³/mol. The Balaban J connectivity index is 4.24. The molecule has 0 saturated carbocycles. The van der Waals surface area contributed by atoms with Crippen molar-refractivity contribution < 1.29 is 28.6 Å². The van der Waals surface area contributed by atoms with Gasteiger partial charge in [0.15, 0.2) is 6.10 Å². The molecule has 0 radical (unpaired) electrons. The number of esters is 3. The fourth-order valence-corrected chi connectivity index (χ4v) is 10.8. The maximum atomic E-state index is 13.0. The summed E-state index contributed by atoms with van der Waals surface area (Å²) in [6.07, 6.45) is 91.2. The topological polar surface area (TPSA) is 78.9 Å². The molecule has 1 unspecified atom stereocenters. The predicted octanol–water partition coefficient (Wildman–Crippen LogP) is 25.1. The third-order valence-electron chi connectivity index (χ3n) is 16.2. The molecule has 6 heteroatoms. The van der Waals surface area contributed by atoms with Crippen molar-refractivity contribution in [2.75, 3.05) is 13.2 Å². The molecule has 478 valence electrons. The SMILES string of the molecule is CCC/C=C\C/C=C\CCCCCCCC(=O)OCC(COC(=O)CCCCCCCCCCCCCC/C=C\C/C=C\C/C=C\CCCCCCC)OC(=O)CCCCCCCCCCCCCCCCCCCCCCCCCC. The fraction of sp³-hybridized carbons (Fsp3) is 0.829. The maximum Gasteiger partial charge on any atom is 0.306 e. The van der Waals surface area contributed by atoms with Crippen molar-refractivity contribution in [2.45, 2.75) is 393 Å². The minimum Gasteiger partial charge on any atom is -0.462 e.